The quantitative estimate of drug-likeness (QED) is 0.942. The summed E-state index contributed by atoms with van der Waals surface area (Å²) in [5.41, 5.74) is 3.54. The summed E-state index contributed by atoms with van der Waals surface area (Å²) in [6.07, 6.45) is 1.51. The van der Waals surface area contributed by atoms with Crippen LogP contribution in [0.3, 0.4) is 0 Å². The second-order valence-corrected chi connectivity index (χ2v) is 5.68. The molecule has 23 heavy (non-hydrogen) atoms. The Balaban J connectivity index is 2.32. The summed E-state index contributed by atoms with van der Waals surface area (Å²) in [6.45, 7) is 6.40. The van der Waals surface area contributed by atoms with Crippen LogP contribution in [0, 0.1) is 13.8 Å². The first-order valence-corrected chi connectivity index (χ1v) is 7.51. The molecule has 122 valence electrons. The molecule has 0 saturated carbocycles. The summed E-state index contributed by atoms with van der Waals surface area (Å²) in [6, 6.07) is 5.52. The van der Waals surface area contributed by atoms with E-state index in [2.05, 4.69) is 10.4 Å². The lowest BCUT2D eigenvalue weighted by molar-refractivity contribution is 0.0816. The number of amides is 2. The molecule has 1 aromatic heterocycles. The summed E-state index contributed by atoms with van der Waals surface area (Å²) >= 11 is 0. The number of carbonyl (C=O) groups is 2. The molecule has 6 nitrogen and oxygen atoms in total. The fraction of sp³-hybridized carbons (Fsp3) is 0.353. The van der Waals surface area contributed by atoms with E-state index in [0.29, 0.717) is 23.5 Å². The predicted molar refractivity (Wildman–Crippen MR) is 89.8 cm³/mol. The minimum atomic E-state index is -0.253. The molecule has 6 heteroatoms. The average molecular weight is 314 g/mol. The van der Waals surface area contributed by atoms with Crippen molar-refractivity contribution < 1.29 is 9.59 Å². The van der Waals surface area contributed by atoms with Crippen molar-refractivity contribution in [3.63, 3.8) is 0 Å². The average Bonchev–Trinajstić information content (AvgIpc) is 2.91. The molecule has 0 bridgehead atoms. The highest BCUT2D eigenvalue weighted by molar-refractivity contribution is 6.08. The lowest BCUT2D eigenvalue weighted by Crippen LogP contribution is -2.26. The molecule has 2 amide bonds. The van der Waals surface area contributed by atoms with Gasteiger partial charge in [-0.15, -0.1) is 0 Å². The first kappa shape index (κ1) is 16.7. The van der Waals surface area contributed by atoms with Crippen LogP contribution in [-0.2, 0) is 6.54 Å². The Bertz CT molecular complexity index is 747. The van der Waals surface area contributed by atoms with Crippen molar-refractivity contribution in [2.45, 2.75) is 27.3 Å². The molecule has 0 aliphatic heterocycles. The van der Waals surface area contributed by atoms with Crippen molar-refractivity contribution >= 4 is 17.5 Å². The molecule has 0 saturated heterocycles. The first-order valence-electron chi connectivity index (χ1n) is 7.51. The fourth-order valence-electron chi connectivity index (χ4n) is 2.23. The smallest absolute Gasteiger partial charge is 0.273 e. The van der Waals surface area contributed by atoms with Gasteiger partial charge in [0.1, 0.15) is 5.69 Å². The summed E-state index contributed by atoms with van der Waals surface area (Å²) in [5.74, 6) is -0.448. The predicted octanol–water partition coefficient (Wildman–Crippen LogP) is 2.47. The van der Waals surface area contributed by atoms with Gasteiger partial charge in [0.15, 0.2) is 0 Å². The third-order valence-electron chi connectivity index (χ3n) is 3.77. The maximum Gasteiger partial charge on any atom is 0.273 e. The van der Waals surface area contributed by atoms with Crippen molar-refractivity contribution in [1.29, 1.82) is 0 Å². The number of hydrogen-bond donors (Lipinski definition) is 1. The third-order valence-corrected chi connectivity index (χ3v) is 3.77. The molecule has 2 aromatic rings. The summed E-state index contributed by atoms with van der Waals surface area (Å²) in [4.78, 5) is 26.3. The molecule has 0 unspecified atom stereocenters. The number of anilines is 1. The SMILES string of the molecule is CCn1ncc(NC(=O)c2ccc(C)c(C)c2)c1C(=O)N(C)C. The second-order valence-electron chi connectivity index (χ2n) is 5.68. The fourth-order valence-corrected chi connectivity index (χ4v) is 2.23. The van der Waals surface area contributed by atoms with Gasteiger partial charge >= 0.3 is 0 Å². The van der Waals surface area contributed by atoms with Crippen LogP contribution in [0.4, 0.5) is 5.69 Å². The van der Waals surface area contributed by atoms with Crippen molar-refractivity contribution in [1.82, 2.24) is 14.7 Å². The molecular formula is C17H22N4O2. The largest absolute Gasteiger partial charge is 0.343 e. The van der Waals surface area contributed by atoms with Gasteiger partial charge in [-0.05, 0) is 44.0 Å². The molecule has 0 atom stereocenters. The van der Waals surface area contributed by atoms with E-state index in [0.717, 1.165) is 11.1 Å². The highest BCUT2D eigenvalue weighted by Crippen LogP contribution is 2.19. The van der Waals surface area contributed by atoms with E-state index in [4.69, 9.17) is 0 Å². The van der Waals surface area contributed by atoms with Crippen LogP contribution in [0.2, 0.25) is 0 Å². The van der Waals surface area contributed by atoms with Crippen molar-refractivity contribution in [2.75, 3.05) is 19.4 Å². The molecule has 0 fully saturated rings. The molecule has 1 aromatic carbocycles. The Morgan fingerprint density at radius 2 is 1.91 bits per heavy atom. The Morgan fingerprint density at radius 1 is 1.22 bits per heavy atom. The number of aryl methyl sites for hydroxylation is 3. The molecule has 2 rings (SSSR count). The molecule has 0 radical (unpaired) electrons. The summed E-state index contributed by atoms with van der Waals surface area (Å²) < 4.78 is 1.58. The zero-order valence-electron chi connectivity index (χ0n) is 14.2. The Kier molecular flexibility index (Phi) is 4.83. The van der Waals surface area contributed by atoms with Crippen LogP contribution in [0.15, 0.2) is 24.4 Å². The van der Waals surface area contributed by atoms with Gasteiger partial charge in [0.05, 0.1) is 11.9 Å². The number of benzene rings is 1. The topological polar surface area (TPSA) is 67.2 Å². The van der Waals surface area contributed by atoms with E-state index in [9.17, 15) is 9.59 Å². The van der Waals surface area contributed by atoms with Crippen molar-refractivity contribution in [3.8, 4) is 0 Å². The van der Waals surface area contributed by atoms with E-state index in [1.165, 1.54) is 11.1 Å². The molecule has 1 heterocycles. The minimum absolute atomic E-state index is 0.195. The maximum absolute atomic E-state index is 12.4. The lowest BCUT2D eigenvalue weighted by atomic mass is 10.1. The number of rotatable bonds is 4. The van der Waals surface area contributed by atoms with E-state index in [1.807, 2.05) is 32.9 Å². The van der Waals surface area contributed by atoms with Gasteiger partial charge in [0.2, 0.25) is 0 Å². The Hall–Kier alpha value is -2.63. The normalized spacial score (nSPS) is 10.5. The number of aromatic nitrogens is 2. The van der Waals surface area contributed by atoms with Crippen molar-refractivity contribution in [2.24, 2.45) is 0 Å². The van der Waals surface area contributed by atoms with E-state index >= 15 is 0 Å². The molecule has 0 aliphatic rings. The number of nitrogens with zero attached hydrogens (tertiary/aromatic N) is 3. The van der Waals surface area contributed by atoms with E-state index in [1.54, 1.807) is 24.8 Å². The van der Waals surface area contributed by atoms with Crippen LogP contribution >= 0.6 is 0 Å². The van der Waals surface area contributed by atoms with Gasteiger partial charge in [-0.1, -0.05) is 6.07 Å². The van der Waals surface area contributed by atoms with Gasteiger partial charge in [-0.25, -0.2) is 0 Å². The van der Waals surface area contributed by atoms with E-state index < -0.39 is 0 Å². The summed E-state index contributed by atoms with van der Waals surface area (Å²) in [7, 11) is 3.34. The van der Waals surface area contributed by atoms with Crippen LogP contribution in [0.25, 0.3) is 0 Å². The van der Waals surface area contributed by atoms with E-state index in [-0.39, 0.29) is 11.8 Å². The maximum atomic E-state index is 12.4. The minimum Gasteiger partial charge on any atom is -0.343 e. The number of nitrogens with one attached hydrogen (secondary N) is 1. The number of carbonyl (C=O) groups excluding carboxylic acids is 2. The monoisotopic (exact) mass is 314 g/mol. The van der Waals surface area contributed by atoms with Gasteiger partial charge in [-0.3, -0.25) is 14.3 Å². The van der Waals surface area contributed by atoms with Gasteiger partial charge in [0.25, 0.3) is 11.8 Å². The zero-order valence-corrected chi connectivity index (χ0v) is 14.2. The third kappa shape index (κ3) is 3.41. The van der Waals surface area contributed by atoms with Gasteiger partial charge < -0.3 is 10.2 Å². The standard InChI is InChI=1S/C17H22N4O2/c1-6-21-15(17(23)20(4)5)14(10-18-21)19-16(22)13-8-7-11(2)12(3)9-13/h7-10H,6H2,1-5H3,(H,19,22). The first-order chi connectivity index (χ1) is 10.8. The van der Waals surface area contributed by atoms with Crippen LogP contribution in [0.1, 0.15) is 38.9 Å². The number of hydrogen-bond acceptors (Lipinski definition) is 3. The summed E-state index contributed by atoms with van der Waals surface area (Å²) in [5, 5.41) is 6.97. The van der Waals surface area contributed by atoms with Gasteiger partial charge in [0, 0.05) is 26.2 Å². The Morgan fingerprint density at radius 3 is 2.48 bits per heavy atom. The van der Waals surface area contributed by atoms with Crippen LogP contribution < -0.4 is 5.32 Å². The Labute approximate surface area is 136 Å². The van der Waals surface area contributed by atoms with Crippen LogP contribution in [-0.4, -0.2) is 40.6 Å². The van der Waals surface area contributed by atoms with Crippen LogP contribution in [0.5, 0.6) is 0 Å². The molecule has 0 aliphatic carbocycles. The highest BCUT2D eigenvalue weighted by atomic mass is 16.2. The molecular weight excluding hydrogens is 292 g/mol. The van der Waals surface area contributed by atoms with Crippen molar-refractivity contribution in [3.05, 3.63) is 46.8 Å². The molecule has 0 spiro atoms. The second kappa shape index (κ2) is 6.64. The van der Waals surface area contributed by atoms with Gasteiger partial charge in [-0.2, -0.15) is 5.10 Å². The molecule has 1 N–H and O–H groups in total. The lowest BCUT2D eigenvalue weighted by Gasteiger charge is -2.14. The zero-order chi connectivity index (χ0) is 17.1. The highest BCUT2D eigenvalue weighted by Gasteiger charge is 2.21.